The quantitative estimate of drug-likeness (QED) is 0.607. The first kappa shape index (κ1) is 11.4. The highest BCUT2D eigenvalue weighted by Crippen LogP contribution is 2.20. The number of nitriles is 1. The minimum atomic E-state index is -0.643. The molecule has 5 heteroatoms. The van der Waals surface area contributed by atoms with E-state index in [4.69, 9.17) is 5.26 Å². The number of rotatable bonds is 2. The van der Waals surface area contributed by atoms with Gasteiger partial charge in [0.2, 0.25) is 0 Å². The molecular formula is C10H6BrNO3. The van der Waals surface area contributed by atoms with Crippen molar-refractivity contribution in [2.45, 2.75) is 0 Å². The highest BCUT2D eigenvalue weighted by atomic mass is 79.9. The standard InChI is InChI=1S/C10H6BrNO3/c1-15-10(14)8-3-7(11)2-6(5-13)9(8)4-12/h2-3,5H,1H3. The number of esters is 1. The first-order valence-electron chi connectivity index (χ1n) is 3.91. The number of halogens is 1. The van der Waals surface area contributed by atoms with Crippen molar-refractivity contribution in [3.8, 4) is 6.07 Å². The van der Waals surface area contributed by atoms with E-state index >= 15 is 0 Å². The van der Waals surface area contributed by atoms with Crippen molar-refractivity contribution in [1.29, 1.82) is 5.26 Å². The predicted octanol–water partition coefficient (Wildman–Crippen LogP) is 1.92. The highest BCUT2D eigenvalue weighted by Gasteiger charge is 2.16. The van der Waals surface area contributed by atoms with Crippen molar-refractivity contribution < 1.29 is 14.3 Å². The second-order valence-electron chi connectivity index (χ2n) is 2.64. The van der Waals surface area contributed by atoms with E-state index in [-0.39, 0.29) is 16.7 Å². The molecule has 1 aromatic rings. The van der Waals surface area contributed by atoms with Crippen LogP contribution in [0.4, 0.5) is 0 Å². The molecule has 0 unspecified atom stereocenters. The van der Waals surface area contributed by atoms with Crippen molar-refractivity contribution in [1.82, 2.24) is 0 Å². The average molecular weight is 268 g/mol. The number of methoxy groups -OCH3 is 1. The van der Waals surface area contributed by atoms with Gasteiger partial charge in [0.25, 0.3) is 0 Å². The molecule has 1 rings (SSSR count). The third-order valence-corrected chi connectivity index (χ3v) is 2.24. The van der Waals surface area contributed by atoms with E-state index in [1.807, 2.05) is 0 Å². The zero-order valence-electron chi connectivity index (χ0n) is 7.78. The Morgan fingerprint density at radius 3 is 2.73 bits per heavy atom. The van der Waals surface area contributed by atoms with Crippen LogP contribution in [0.2, 0.25) is 0 Å². The number of benzene rings is 1. The van der Waals surface area contributed by atoms with Gasteiger partial charge in [-0.3, -0.25) is 4.79 Å². The number of ether oxygens (including phenoxy) is 1. The third kappa shape index (κ3) is 2.22. The second kappa shape index (κ2) is 4.71. The Morgan fingerprint density at radius 2 is 2.27 bits per heavy atom. The van der Waals surface area contributed by atoms with Gasteiger partial charge in [0.05, 0.1) is 18.2 Å². The summed E-state index contributed by atoms with van der Waals surface area (Å²) in [4.78, 5) is 22.0. The molecule has 0 N–H and O–H groups in total. The van der Waals surface area contributed by atoms with Gasteiger partial charge in [0.15, 0.2) is 6.29 Å². The summed E-state index contributed by atoms with van der Waals surface area (Å²) in [5.74, 6) is -0.643. The summed E-state index contributed by atoms with van der Waals surface area (Å²) in [6.45, 7) is 0. The maximum atomic E-state index is 11.3. The molecule has 0 atom stereocenters. The zero-order valence-corrected chi connectivity index (χ0v) is 9.37. The van der Waals surface area contributed by atoms with Crippen LogP contribution in [0.15, 0.2) is 16.6 Å². The predicted molar refractivity (Wildman–Crippen MR) is 55.6 cm³/mol. The molecule has 0 heterocycles. The van der Waals surface area contributed by atoms with Gasteiger partial charge in [-0.1, -0.05) is 15.9 Å². The van der Waals surface area contributed by atoms with Crippen LogP contribution in [0.5, 0.6) is 0 Å². The molecule has 0 bridgehead atoms. The van der Waals surface area contributed by atoms with E-state index in [0.29, 0.717) is 10.8 Å². The second-order valence-corrected chi connectivity index (χ2v) is 3.55. The summed E-state index contributed by atoms with van der Waals surface area (Å²) >= 11 is 3.14. The van der Waals surface area contributed by atoms with E-state index in [1.165, 1.54) is 19.2 Å². The summed E-state index contributed by atoms with van der Waals surface area (Å²) in [7, 11) is 1.21. The topological polar surface area (TPSA) is 67.2 Å². The van der Waals surface area contributed by atoms with E-state index < -0.39 is 5.97 Å². The number of carbonyl (C=O) groups excluding carboxylic acids is 2. The molecular weight excluding hydrogens is 262 g/mol. The number of nitrogens with zero attached hydrogens (tertiary/aromatic N) is 1. The summed E-state index contributed by atoms with van der Waals surface area (Å²) in [5.41, 5.74) is 0.267. The Morgan fingerprint density at radius 1 is 1.60 bits per heavy atom. The molecule has 4 nitrogen and oxygen atoms in total. The number of hydrogen-bond acceptors (Lipinski definition) is 4. The first-order valence-corrected chi connectivity index (χ1v) is 4.70. The lowest BCUT2D eigenvalue weighted by atomic mass is 10.0. The van der Waals surface area contributed by atoms with E-state index in [9.17, 15) is 9.59 Å². The summed E-state index contributed by atoms with van der Waals surface area (Å²) < 4.78 is 5.05. The van der Waals surface area contributed by atoms with Gasteiger partial charge >= 0.3 is 5.97 Å². The van der Waals surface area contributed by atoms with Gasteiger partial charge in [-0.2, -0.15) is 5.26 Å². The molecule has 0 amide bonds. The number of aldehydes is 1. The summed E-state index contributed by atoms with van der Waals surface area (Å²) in [6, 6.07) is 4.72. The third-order valence-electron chi connectivity index (χ3n) is 1.78. The van der Waals surface area contributed by atoms with Crippen LogP contribution < -0.4 is 0 Å². The van der Waals surface area contributed by atoms with Gasteiger partial charge in [-0.15, -0.1) is 0 Å². The Kier molecular flexibility index (Phi) is 3.58. The van der Waals surface area contributed by atoms with E-state index in [1.54, 1.807) is 6.07 Å². The number of hydrogen-bond donors (Lipinski definition) is 0. The van der Waals surface area contributed by atoms with Crippen LogP contribution in [-0.4, -0.2) is 19.4 Å². The van der Waals surface area contributed by atoms with Crippen LogP contribution in [0, 0.1) is 11.3 Å². The Balaban J connectivity index is 3.50. The highest BCUT2D eigenvalue weighted by molar-refractivity contribution is 9.10. The van der Waals surface area contributed by atoms with Gasteiger partial charge in [0.1, 0.15) is 6.07 Å². The lowest BCUT2D eigenvalue weighted by Crippen LogP contribution is -2.06. The molecule has 0 saturated heterocycles. The SMILES string of the molecule is COC(=O)c1cc(Br)cc(C=O)c1C#N. The maximum absolute atomic E-state index is 11.3. The lowest BCUT2D eigenvalue weighted by Gasteiger charge is -2.04. The molecule has 0 saturated carbocycles. The monoisotopic (exact) mass is 267 g/mol. The molecule has 0 aliphatic rings. The van der Waals surface area contributed by atoms with Gasteiger partial charge < -0.3 is 4.74 Å². The fourth-order valence-corrected chi connectivity index (χ4v) is 1.59. The maximum Gasteiger partial charge on any atom is 0.339 e. The van der Waals surface area contributed by atoms with Crippen molar-refractivity contribution in [3.63, 3.8) is 0 Å². The summed E-state index contributed by atoms with van der Waals surface area (Å²) in [5, 5.41) is 8.83. The zero-order chi connectivity index (χ0) is 11.4. The van der Waals surface area contributed by atoms with E-state index in [2.05, 4.69) is 20.7 Å². The van der Waals surface area contributed by atoms with Crippen LogP contribution in [0.3, 0.4) is 0 Å². The molecule has 0 spiro atoms. The minimum absolute atomic E-state index is 0.0278. The summed E-state index contributed by atoms with van der Waals surface area (Å²) in [6.07, 6.45) is 0.524. The van der Waals surface area contributed by atoms with Crippen LogP contribution in [-0.2, 0) is 4.74 Å². The number of carbonyl (C=O) groups is 2. The largest absolute Gasteiger partial charge is 0.465 e. The van der Waals surface area contributed by atoms with Crippen molar-refractivity contribution in [3.05, 3.63) is 33.3 Å². The first-order chi connectivity index (χ1) is 7.13. The van der Waals surface area contributed by atoms with E-state index in [0.717, 1.165) is 0 Å². The molecule has 15 heavy (non-hydrogen) atoms. The smallest absolute Gasteiger partial charge is 0.339 e. The van der Waals surface area contributed by atoms with Crippen molar-refractivity contribution >= 4 is 28.2 Å². The minimum Gasteiger partial charge on any atom is -0.465 e. The Bertz CT molecular complexity index is 462. The molecule has 0 aliphatic heterocycles. The van der Waals surface area contributed by atoms with Crippen molar-refractivity contribution in [2.75, 3.05) is 7.11 Å². The molecule has 1 aromatic carbocycles. The van der Waals surface area contributed by atoms with Crippen LogP contribution in [0.25, 0.3) is 0 Å². The molecule has 0 aliphatic carbocycles. The molecule has 76 valence electrons. The Hall–Kier alpha value is -1.67. The Labute approximate surface area is 94.6 Å². The lowest BCUT2D eigenvalue weighted by molar-refractivity contribution is 0.0600. The van der Waals surface area contributed by atoms with Gasteiger partial charge in [-0.25, -0.2) is 4.79 Å². The van der Waals surface area contributed by atoms with Crippen LogP contribution in [0.1, 0.15) is 26.3 Å². The molecule has 0 aromatic heterocycles. The normalized spacial score (nSPS) is 9.13. The van der Waals surface area contributed by atoms with Gasteiger partial charge in [-0.05, 0) is 12.1 Å². The van der Waals surface area contributed by atoms with Crippen LogP contribution >= 0.6 is 15.9 Å². The fraction of sp³-hybridized carbons (Fsp3) is 0.100. The van der Waals surface area contributed by atoms with Gasteiger partial charge in [0, 0.05) is 10.0 Å². The fourth-order valence-electron chi connectivity index (χ4n) is 1.12. The molecule has 0 fully saturated rings. The molecule has 0 radical (unpaired) electrons. The average Bonchev–Trinajstić information content (AvgIpc) is 2.26. The van der Waals surface area contributed by atoms with Crippen molar-refractivity contribution in [2.24, 2.45) is 0 Å².